The second-order valence-electron chi connectivity index (χ2n) is 6.58. The fourth-order valence-electron chi connectivity index (χ4n) is 3.04. The number of esters is 1. The van der Waals surface area contributed by atoms with E-state index in [-0.39, 0.29) is 31.4 Å². The molecule has 0 fully saturated rings. The number of hydrogen-bond donors (Lipinski definition) is 2. The van der Waals surface area contributed by atoms with E-state index in [4.69, 9.17) is 4.74 Å². The van der Waals surface area contributed by atoms with Crippen LogP contribution in [0.5, 0.6) is 0 Å². The summed E-state index contributed by atoms with van der Waals surface area (Å²) in [6.07, 6.45) is 1.27. The van der Waals surface area contributed by atoms with Crippen LogP contribution < -0.4 is 15.5 Å². The molecule has 150 valence electrons. The molecule has 7 nitrogen and oxygen atoms in total. The predicted octanol–water partition coefficient (Wildman–Crippen LogP) is 3.23. The number of carbonyl (C=O) groups excluding carboxylic acids is 3. The number of para-hydroxylation sites is 3. The molecule has 0 unspecified atom stereocenters. The Balaban J connectivity index is 1.82. The van der Waals surface area contributed by atoms with Crippen molar-refractivity contribution < 1.29 is 19.1 Å². The van der Waals surface area contributed by atoms with Crippen LogP contribution in [0.1, 0.15) is 18.9 Å². The molecule has 2 amide bonds. The lowest BCUT2D eigenvalue weighted by atomic mass is 10.2. The minimum atomic E-state index is -0.428. The Morgan fingerprint density at radius 1 is 1.10 bits per heavy atom. The van der Waals surface area contributed by atoms with Gasteiger partial charge in [-0.25, -0.2) is 0 Å². The van der Waals surface area contributed by atoms with Gasteiger partial charge in [0.05, 0.1) is 24.4 Å². The van der Waals surface area contributed by atoms with Crippen molar-refractivity contribution >= 4 is 34.8 Å². The third-order valence-electron chi connectivity index (χ3n) is 4.41. The minimum Gasteiger partial charge on any atom is -0.466 e. The molecule has 7 heteroatoms. The molecule has 0 aromatic heterocycles. The van der Waals surface area contributed by atoms with Crippen LogP contribution in [0, 0.1) is 6.92 Å². The van der Waals surface area contributed by atoms with Gasteiger partial charge in [-0.05, 0) is 37.6 Å². The van der Waals surface area contributed by atoms with Crippen LogP contribution in [-0.4, -0.2) is 30.9 Å². The molecule has 29 heavy (non-hydrogen) atoms. The zero-order valence-electron chi connectivity index (χ0n) is 16.4. The van der Waals surface area contributed by atoms with Crippen LogP contribution in [0.3, 0.4) is 0 Å². The molecule has 0 spiro atoms. The normalized spacial score (nSPS) is 13.0. The molecule has 2 N–H and O–H groups in total. The van der Waals surface area contributed by atoms with Crippen molar-refractivity contribution in [2.75, 3.05) is 28.7 Å². The monoisotopic (exact) mass is 393 g/mol. The van der Waals surface area contributed by atoms with Crippen molar-refractivity contribution in [1.29, 1.82) is 0 Å². The summed E-state index contributed by atoms with van der Waals surface area (Å²) in [7, 11) is 0. The molecule has 0 aliphatic carbocycles. The first-order valence-corrected chi connectivity index (χ1v) is 9.37. The maximum atomic E-state index is 12.9. The molecule has 3 rings (SSSR count). The highest BCUT2D eigenvalue weighted by Gasteiger charge is 2.25. The van der Waals surface area contributed by atoms with Gasteiger partial charge in [-0.1, -0.05) is 30.3 Å². The van der Waals surface area contributed by atoms with Crippen molar-refractivity contribution in [3.63, 3.8) is 0 Å². The first kappa shape index (κ1) is 20.1. The average Bonchev–Trinajstić information content (AvgIpc) is 2.80. The van der Waals surface area contributed by atoms with Crippen molar-refractivity contribution in [1.82, 2.24) is 0 Å². The van der Waals surface area contributed by atoms with E-state index in [1.54, 1.807) is 25.1 Å². The number of anilines is 3. The lowest BCUT2D eigenvalue weighted by Crippen LogP contribution is -2.37. The topological polar surface area (TPSA) is 87.7 Å². The van der Waals surface area contributed by atoms with Gasteiger partial charge in [0.1, 0.15) is 6.54 Å². The van der Waals surface area contributed by atoms with Crippen LogP contribution in [0.25, 0.3) is 0 Å². The quantitative estimate of drug-likeness (QED) is 0.736. The van der Waals surface area contributed by atoms with E-state index < -0.39 is 5.97 Å². The second-order valence-corrected chi connectivity index (χ2v) is 6.58. The maximum absolute atomic E-state index is 12.9. The van der Waals surface area contributed by atoms with E-state index >= 15 is 0 Å². The first-order valence-electron chi connectivity index (χ1n) is 9.37. The Hall–Kier alpha value is -3.61. The number of ether oxygens (including phenoxy) is 1. The summed E-state index contributed by atoms with van der Waals surface area (Å²) in [5, 5.41) is 5.95. The SMILES string of the molecule is CCOC(=O)CC1=CC(=O)N(CC(=O)Nc2ccccc2C)c2ccccc2N1. The zero-order valence-corrected chi connectivity index (χ0v) is 16.4. The number of rotatable bonds is 6. The molecule has 0 atom stereocenters. The molecule has 1 heterocycles. The standard InChI is InChI=1S/C22H23N3O4/c1-3-29-22(28)13-16-12-21(27)25(19-11-7-6-10-18(19)23-16)14-20(26)24-17-9-5-4-8-15(17)2/h4-12,23H,3,13-14H2,1-2H3,(H,24,26). The Bertz CT molecular complexity index is 968. The van der Waals surface area contributed by atoms with Crippen LogP contribution in [0.15, 0.2) is 60.3 Å². The van der Waals surface area contributed by atoms with Crippen LogP contribution >= 0.6 is 0 Å². The molecule has 0 saturated carbocycles. The number of benzene rings is 2. The van der Waals surface area contributed by atoms with Crippen molar-refractivity contribution in [3.8, 4) is 0 Å². The molecule has 2 aromatic carbocycles. The number of amides is 2. The third kappa shape index (κ3) is 5.01. The molecular weight excluding hydrogens is 370 g/mol. The number of nitrogens with zero attached hydrogens (tertiary/aromatic N) is 1. The lowest BCUT2D eigenvalue weighted by molar-refractivity contribution is -0.142. The smallest absolute Gasteiger partial charge is 0.311 e. The molecule has 1 aliphatic rings. The average molecular weight is 393 g/mol. The third-order valence-corrected chi connectivity index (χ3v) is 4.41. The summed E-state index contributed by atoms with van der Waals surface area (Å²) < 4.78 is 4.97. The van der Waals surface area contributed by atoms with Gasteiger partial charge in [-0.2, -0.15) is 0 Å². The van der Waals surface area contributed by atoms with Gasteiger partial charge in [0, 0.05) is 17.5 Å². The fraction of sp³-hybridized carbons (Fsp3) is 0.227. The summed E-state index contributed by atoms with van der Waals surface area (Å²) in [6, 6.07) is 14.6. The summed E-state index contributed by atoms with van der Waals surface area (Å²) in [5.41, 5.74) is 3.25. The Labute approximate surface area is 169 Å². The number of aryl methyl sites for hydroxylation is 1. The molecule has 0 radical (unpaired) electrons. The van der Waals surface area contributed by atoms with Crippen molar-refractivity contribution in [2.24, 2.45) is 0 Å². The van der Waals surface area contributed by atoms with Crippen molar-refractivity contribution in [2.45, 2.75) is 20.3 Å². The summed E-state index contributed by atoms with van der Waals surface area (Å²) in [5.74, 6) is -1.13. The molecule has 1 aliphatic heterocycles. The fourth-order valence-corrected chi connectivity index (χ4v) is 3.04. The van der Waals surface area contributed by atoms with E-state index in [1.807, 2.05) is 37.3 Å². The van der Waals surface area contributed by atoms with E-state index in [2.05, 4.69) is 10.6 Å². The Morgan fingerprint density at radius 2 is 1.83 bits per heavy atom. The van der Waals surface area contributed by atoms with Crippen LogP contribution in [0.4, 0.5) is 17.1 Å². The van der Waals surface area contributed by atoms with E-state index in [1.165, 1.54) is 11.0 Å². The molecule has 0 saturated heterocycles. The summed E-state index contributed by atoms with van der Waals surface area (Å²) in [4.78, 5) is 38.7. The predicted molar refractivity (Wildman–Crippen MR) is 112 cm³/mol. The summed E-state index contributed by atoms with van der Waals surface area (Å²) in [6.45, 7) is 3.73. The van der Waals surface area contributed by atoms with Gasteiger partial charge >= 0.3 is 5.97 Å². The first-order chi connectivity index (χ1) is 14.0. The van der Waals surface area contributed by atoms with Gasteiger partial charge in [0.25, 0.3) is 5.91 Å². The highest BCUT2D eigenvalue weighted by atomic mass is 16.5. The highest BCUT2D eigenvalue weighted by molar-refractivity contribution is 6.10. The highest BCUT2D eigenvalue weighted by Crippen LogP contribution is 2.30. The summed E-state index contributed by atoms with van der Waals surface area (Å²) >= 11 is 0. The van der Waals surface area contributed by atoms with Gasteiger partial charge in [-0.15, -0.1) is 0 Å². The minimum absolute atomic E-state index is 0.0584. The number of fused-ring (bicyclic) bond motifs is 1. The Kier molecular flexibility index (Phi) is 6.29. The van der Waals surface area contributed by atoms with E-state index in [9.17, 15) is 14.4 Å². The van der Waals surface area contributed by atoms with Crippen LogP contribution in [0.2, 0.25) is 0 Å². The number of hydrogen-bond acceptors (Lipinski definition) is 5. The van der Waals surface area contributed by atoms with Gasteiger partial charge in [0.15, 0.2) is 0 Å². The lowest BCUT2D eigenvalue weighted by Gasteiger charge is -2.22. The van der Waals surface area contributed by atoms with Gasteiger partial charge in [0.2, 0.25) is 5.91 Å². The van der Waals surface area contributed by atoms with Crippen molar-refractivity contribution in [3.05, 3.63) is 65.9 Å². The second kappa shape index (κ2) is 9.05. The van der Waals surface area contributed by atoms with E-state index in [0.29, 0.717) is 22.8 Å². The van der Waals surface area contributed by atoms with Crippen LogP contribution in [-0.2, 0) is 19.1 Å². The zero-order chi connectivity index (χ0) is 20.8. The molecule has 0 bridgehead atoms. The van der Waals surface area contributed by atoms with Gasteiger partial charge in [-0.3, -0.25) is 19.3 Å². The molecule has 2 aromatic rings. The maximum Gasteiger partial charge on any atom is 0.311 e. The van der Waals surface area contributed by atoms with Gasteiger partial charge < -0.3 is 15.4 Å². The van der Waals surface area contributed by atoms with E-state index in [0.717, 1.165) is 5.56 Å². The molecular formula is C22H23N3O4. The Morgan fingerprint density at radius 3 is 2.59 bits per heavy atom. The number of nitrogens with one attached hydrogen (secondary N) is 2. The largest absolute Gasteiger partial charge is 0.466 e. The number of carbonyl (C=O) groups is 3.